The minimum Gasteiger partial charge on any atom is -0.479 e. The first-order valence-electron chi connectivity index (χ1n) is 5.49. The molecule has 2 unspecified atom stereocenters. The molecule has 0 heterocycles. The molecule has 86 valence electrons. The Hall–Kier alpha value is -1.06. The SMILES string of the molecule is CC(C)C1CCCCC1(NC=O)C(=O)O. The van der Waals surface area contributed by atoms with Crippen LogP contribution in [0.25, 0.3) is 0 Å². The van der Waals surface area contributed by atoms with Crippen LogP contribution < -0.4 is 5.32 Å². The maximum atomic E-state index is 11.4. The van der Waals surface area contributed by atoms with Crippen molar-refractivity contribution in [2.24, 2.45) is 11.8 Å². The van der Waals surface area contributed by atoms with Crippen molar-refractivity contribution in [2.75, 3.05) is 0 Å². The Morgan fingerprint density at radius 3 is 2.67 bits per heavy atom. The van der Waals surface area contributed by atoms with Gasteiger partial charge in [0.15, 0.2) is 0 Å². The lowest BCUT2D eigenvalue weighted by molar-refractivity contribution is -0.152. The van der Waals surface area contributed by atoms with Crippen LogP contribution in [-0.2, 0) is 9.59 Å². The van der Waals surface area contributed by atoms with E-state index in [0.717, 1.165) is 19.3 Å². The molecular weight excluding hydrogens is 194 g/mol. The van der Waals surface area contributed by atoms with E-state index in [4.69, 9.17) is 0 Å². The van der Waals surface area contributed by atoms with Gasteiger partial charge in [-0.05, 0) is 24.7 Å². The summed E-state index contributed by atoms with van der Waals surface area (Å²) in [5.74, 6) is -0.587. The van der Waals surface area contributed by atoms with Crippen molar-refractivity contribution in [3.8, 4) is 0 Å². The third-order valence-corrected chi connectivity index (χ3v) is 3.47. The monoisotopic (exact) mass is 213 g/mol. The van der Waals surface area contributed by atoms with E-state index in [1.54, 1.807) is 0 Å². The Labute approximate surface area is 90.0 Å². The molecule has 1 amide bonds. The number of aliphatic carboxylic acids is 1. The smallest absolute Gasteiger partial charge is 0.329 e. The molecule has 1 rings (SSSR count). The lowest BCUT2D eigenvalue weighted by Crippen LogP contribution is -2.59. The Kier molecular flexibility index (Phi) is 3.72. The van der Waals surface area contributed by atoms with Crippen LogP contribution >= 0.6 is 0 Å². The van der Waals surface area contributed by atoms with Gasteiger partial charge < -0.3 is 10.4 Å². The number of carboxylic acid groups (broad SMARTS) is 1. The van der Waals surface area contributed by atoms with Gasteiger partial charge in [-0.3, -0.25) is 4.79 Å². The van der Waals surface area contributed by atoms with Crippen LogP contribution in [0.2, 0.25) is 0 Å². The van der Waals surface area contributed by atoms with Gasteiger partial charge >= 0.3 is 5.97 Å². The van der Waals surface area contributed by atoms with Crippen molar-refractivity contribution in [1.82, 2.24) is 5.32 Å². The maximum Gasteiger partial charge on any atom is 0.329 e. The van der Waals surface area contributed by atoms with Crippen LogP contribution in [0.1, 0.15) is 39.5 Å². The van der Waals surface area contributed by atoms with Crippen molar-refractivity contribution >= 4 is 12.4 Å². The number of nitrogens with one attached hydrogen (secondary N) is 1. The highest BCUT2D eigenvalue weighted by Gasteiger charge is 2.48. The van der Waals surface area contributed by atoms with Crippen LogP contribution in [0.15, 0.2) is 0 Å². The van der Waals surface area contributed by atoms with Crippen molar-refractivity contribution < 1.29 is 14.7 Å². The van der Waals surface area contributed by atoms with Crippen LogP contribution in [0.5, 0.6) is 0 Å². The quantitative estimate of drug-likeness (QED) is 0.694. The average molecular weight is 213 g/mol. The van der Waals surface area contributed by atoms with E-state index in [2.05, 4.69) is 5.32 Å². The minimum atomic E-state index is -1.03. The highest BCUT2D eigenvalue weighted by molar-refractivity contribution is 5.82. The molecule has 2 atom stereocenters. The zero-order valence-electron chi connectivity index (χ0n) is 9.32. The fourth-order valence-electron chi connectivity index (χ4n) is 2.71. The fraction of sp³-hybridized carbons (Fsp3) is 0.818. The largest absolute Gasteiger partial charge is 0.479 e. The molecule has 0 aromatic carbocycles. The van der Waals surface area contributed by atoms with Crippen molar-refractivity contribution in [2.45, 2.75) is 45.1 Å². The van der Waals surface area contributed by atoms with Crippen LogP contribution in [-0.4, -0.2) is 23.0 Å². The Morgan fingerprint density at radius 1 is 1.53 bits per heavy atom. The summed E-state index contributed by atoms with van der Waals surface area (Å²) in [4.78, 5) is 21.9. The molecule has 15 heavy (non-hydrogen) atoms. The van der Waals surface area contributed by atoms with Gasteiger partial charge in [0.05, 0.1) is 0 Å². The normalized spacial score (nSPS) is 31.3. The summed E-state index contributed by atoms with van der Waals surface area (Å²) < 4.78 is 0. The highest BCUT2D eigenvalue weighted by Crippen LogP contribution is 2.38. The molecule has 0 radical (unpaired) electrons. The summed E-state index contributed by atoms with van der Waals surface area (Å²) in [5, 5.41) is 11.9. The molecule has 0 saturated heterocycles. The predicted molar refractivity (Wildman–Crippen MR) is 56.4 cm³/mol. The van der Waals surface area contributed by atoms with Gasteiger partial charge in [-0.2, -0.15) is 0 Å². The van der Waals surface area contributed by atoms with E-state index in [9.17, 15) is 14.7 Å². The maximum absolute atomic E-state index is 11.4. The van der Waals surface area contributed by atoms with E-state index in [0.29, 0.717) is 12.8 Å². The van der Waals surface area contributed by atoms with E-state index < -0.39 is 11.5 Å². The molecule has 4 nitrogen and oxygen atoms in total. The van der Waals surface area contributed by atoms with Gasteiger partial charge in [-0.1, -0.05) is 26.7 Å². The third kappa shape index (κ3) is 2.13. The van der Waals surface area contributed by atoms with Gasteiger partial charge in [0.25, 0.3) is 0 Å². The minimum absolute atomic E-state index is 0.0361. The van der Waals surface area contributed by atoms with E-state index in [1.165, 1.54) is 0 Å². The summed E-state index contributed by atoms with van der Waals surface area (Å²) in [6.45, 7) is 4.03. The van der Waals surface area contributed by atoms with Gasteiger partial charge in [0, 0.05) is 0 Å². The van der Waals surface area contributed by atoms with E-state index in [-0.39, 0.29) is 11.8 Å². The predicted octanol–water partition coefficient (Wildman–Crippen LogP) is 1.40. The molecule has 1 saturated carbocycles. The first kappa shape index (κ1) is 12.0. The molecule has 1 aliphatic rings. The summed E-state index contributed by atoms with van der Waals surface area (Å²) >= 11 is 0. The molecule has 1 fully saturated rings. The molecule has 0 aromatic heterocycles. The number of carbonyl (C=O) groups is 2. The molecule has 0 spiro atoms. The Morgan fingerprint density at radius 2 is 2.20 bits per heavy atom. The number of rotatable bonds is 4. The first-order valence-corrected chi connectivity index (χ1v) is 5.49. The molecular formula is C11H19NO3. The first-order chi connectivity index (χ1) is 7.04. The topological polar surface area (TPSA) is 66.4 Å². The zero-order chi connectivity index (χ0) is 11.5. The zero-order valence-corrected chi connectivity index (χ0v) is 9.32. The Balaban J connectivity index is 2.98. The number of carboxylic acids is 1. The van der Waals surface area contributed by atoms with Gasteiger partial charge in [0.1, 0.15) is 5.54 Å². The highest BCUT2D eigenvalue weighted by atomic mass is 16.4. The van der Waals surface area contributed by atoms with E-state index >= 15 is 0 Å². The molecule has 0 aromatic rings. The number of hydrogen-bond donors (Lipinski definition) is 2. The average Bonchev–Trinajstić information content (AvgIpc) is 2.18. The Bertz CT molecular complexity index is 252. The van der Waals surface area contributed by atoms with Crippen molar-refractivity contribution in [3.63, 3.8) is 0 Å². The van der Waals surface area contributed by atoms with Crippen LogP contribution in [0.3, 0.4) is 0 Å². The van der Waals surface area contributed by atoms with Crippen molar-refractivity contribution in [1.29, 1.82) is 0 Å². The molecule has 4 heteroatoms. The number of hydrogen-bond acceptors (Lipinski definition) is 2. The number of carbonyl (C=O) groups excluding carboxylic acids is 1. The van der Waals surface area contributed by atoms with Crippen LogP contribution in [0, 0.1) is 11.8 Å². The summed E-state index contributed by atoms with van der Waals surface area (Å²) in [5.41, 5.74) is -1.03. The standard InChI is InChI=1S/C11H19NO3/c1-8(2)9-5-3-4-6-11(9,10(14)15)12-7-13/h7-9H,3-6H2,1-2H3,(H,12,13)(H,14,15). The lowest BCUT2D eigenvalue weighted by Gasteiger charge is -2.42. The summed E-state index contributed by atoms with van der Waals surface area (Å²) in [6, 6.07) is 0. The van der Waals surface area contributed by atoms with Gasteiger partial charge in [-0.25, -0.2) is 4.79 Å². The molecule has 2 N–H and O–H groups in total. The van der Waals surface area contributed by atoms with Gasteiger partial charge in [0.2, 0.25) is 6.41 Å². The van der Waals surface area contributed by atoms with Crippen LogP contribution in [0.4, 0.5) is 0 Å². The molecule has 1 aliphatic carbocycles. The second-order valence-electron chi connectivity index (χ2n) is 4.63. The summed E-state index contributed by atoms with van der Waals surface area (Å²) in [7, 11) is 0. The summed E-state index contributed by atoms with van der Waals surface area (Å²) in [6.07, 6.45) is 3.87. The second-order valence-corrected chi connectivity index (χ2v) is 4.63. The van der Waals surface area contributed by atoms with Gasteiger partial charge in [-0.15, -0.1) is 0 Å². The van der Waals surface area contributed by atoms with Crippen molar-refractivity contribution in [3.05, 3.63) is 0 Å². The lowest BCUT2D eigenvalue weighted by atomic mass is 9.68. The molecule has 0 bridgehead atoms. The number of amides is 1. The molecule has 0 aliphatic heterocycles. The third-order valence-electron chi connectivity index (χ3n) is 3.47. The second kappa shape index (κ2) is 4.64. The fourth-order valence-corrected chi connectivity index (χ4v) is 2.71. The van der Waals surface area contributed by atoms with E-state index in [1.807, 2.05) is 13.8 Å².